The zero-order valence-corrected chi connectivity index (χ0v) is 34.3. The third-order valence-electron chi connectivity index (χ3n) is 9.21. The molecule has 1 aliphatic rings. The van der Waals surface area contributed by atoms with Crippen molar-refractivity contribution < 1.29 is 33.3 Å². The normalized spacial score (nSPS) is 17.3. The average Bonchev–Trinajstić information content (AvgIpc) is 3.11. The zero-order chi connectivity index (χ0) is 39.5. The number of nitrogens with zero attached hydrogens (tertiary/aromatic N) is 3. The van der Waals surface area contributed by atoms with Crippen LogP contribution in [0.2, 0.25) is 0 Å². The molecule has 0 radical (unpaired) electrons. The molecular formula is C43H67N5O7. The van der Waals surface area contributed by atoms with E-state index in [-0.39, 0.29) is 0 Å². The lowest BCUT2D eigenvalue weighted by molar-refractivity contribution is 0.0358. The third-order valence-corrected chi connectivity index (χ3v) is 9.21. The summed E-state index contributed by atoms with van der Waals surface area (Å²) in [6.45, 7) is 22.9. The maximum absolute atomic E-state index is 12.2. The molecule has 1 heterocycles. The number of fused-ring (bicyclic) bond motifs is 2. The Morgan fingerprint density at radius 2 is 0.945 bits per heavy atom. The van der Waals surface area contributed by atoms with Gasteiger partial charge in [-0.3, -0.25) is 14.7 Å². The SMILES string of the molecule is CC(C)(C)OC(=O)NCCCN1CCOCCN(CCCNC(=O)OC(C)(C)C)CCOCCN(Cc2c3ccccc3cc3ccccc23)CCOCC1. The Bertz CT molecular complexity index is 1480. The number of amides is 2. The zero-order valence-electron chi connectivity index (χ0n) is 34.3. The first-order valence-corrected chi connectivity index (χ1v) is 20.1. The van der Waals surface area contributed by atoms with Crippen LogP contribution in [0.5, 0.6) is 0 Å². The first-order valence-electron chi connectivity index (χ1n) is 20.1. The highest BCUT2D eigenvalue weighted by Gasteiger charge is 2.18. The van der Waals surface area contributed by atoms with Crippen LogP contribution in [0.4, 0.5) is 9.59 Å². The van der Waals surface area contributed by atoms with Crippen LogP contribution in [0.15, 0.2) is 54.6 Å². The van der Waals surface area contributed by atoms with Crippen LogP contribution in [-0.4, -0.2) is 143 Å². The molecule has 0 aromatic heterocycles. The second kappa shape index (κ2) is 22.9. The van der Waals surface area contributed by atoms with Gasteiger partial charge in [0.05, 0.1) is 39.6 Å². The fraction of sp³-hybridized carbons (Fsp3) is 0.628. The smallest absolute Gasteiger partial charge is 0.407 e. The highest BCUT2D eigenvalue weighted by Crippen LogP contribution is 2.29. The lowest BCUT2D eigenvalue weighted by Crippen LogP contribution is -2.38. The van der Waals surface area contributed by atoms with E-state index in [1.54, 1.807) is 0 Å². The van der Waals surface area contributed by atoms with Gasteiger partial charge in [-0.05, 0) is 101 Å². The molecule has 0 unspecified atom stereocenters. The van der Waals surface area contributed by atoms with Gasteiger partial charge in [0.25, 0.3) is 0 Å². The van der Waals surface area contributed by atoms with Crippen LogP contribution in [0, 0.1) is 0 Å². The van der Waals surface area contributed by atoms with Crippen LogP contribution in [-0.2, 0) is 30.2 Å². The van der Waals surface area contributed by atoms with Crippen molar-refractivity contribution in [2.75, 3.05) is 105 Å². The molecule has 2 N–H and O–H groups in total. The molecule has 4 rings (SSSR count). The predicted molar refractivity (Wildman–Crippen MR) is 220 cm³/mol. The summed E-state index contributed by atoms with van der Waals surface area (Å²) < 4.78 is 29.4. The van der Waals surface area contributed by atoms with Crippen LogP contribution in [0.3, 0.4) is 0 Å². The summed E-state index contributed by atoms with van der Waals surface area (Å²) in [7, 11) is 0. The van der Waals surface area contributed by atoms with E-state index >= 15 is 0 Å². The van der Waals surface area contributed by atoms with E-state index in [0.717, 1.165) is 71.7 Å². The number of hydrogen-bond acceptors (Lipinski definition) is 10. The molecule has 3 aromatic carbocycles. The van der Waals surface area contributed by atoms with E-state index in [9.17, 15) is 9.59 Å². The molecule has 0 spiro atoms. The molecule has 1 fully saturated rings. The van der Waals surface area contributed by atoms with Gasteiger partial charge < -0.3 is 34.3 Å². The second-order valence-electron chi connectivity index (χ2n) is 16.2. The molecule has 55 heavy (non-hydrogen) atoms. The second-order valence-corrected chi connectivity index (χ2v) is 16.2. The Kier molecular flexibility index (Phi) is 18.4. The number of hydrogen-bond donors (Lipinski definition) is 2. The van der Waals surface area contributed by atoms with Crippen LogP contribution >= 0.6 is 0 Å². The van der Waals surface area contributed by atoms with E-state index < -0.39 is 23.4 Å². The monoisotopic (exact) mass is 766 g/mol. The van der Waals surface area contributed by atoms with Gasteiger partial charge in [-0.1, -0.05) is 48.5 Å². The first-order chi connectivity index (χ1) is 26.4. The van der Waals surface area contributed by atoms with Gasteiger partial charge in [0.1, 0.15) is 11.2 Å². The van der Waals surface area contributed by atoms with Crippen molar-refractivity contribution in [3.8, 4) is 0 Å². The molecule has 12 nitrogen and oxygen atoms in total. The maximum atomic E-state index is 12.2. The van der Waals surface area contributed by atoms with E-state index in [0.29, 0.717) is 52.7 Å². The van der Waals surface area contributed by atoms with Gasteiger partial charge >= 0.3 is 12.2 Å². The minimum atomic E-state index is -0.527. The van der Waals surface area contributed by atoms with Gasteiger partial charge in [0.2, 0.25) is 0 Å². The van der Waals surface area contributed by atoms with Crippen LogP contribution in [0.1, 0.15) is 59.9 Å². The van der Waals surface area contributed by atoms with Crippen molar-refractivity contribution in [1.29, 1.82) is 0 Å². The quantitative estimate of drug-likeness (QED) is 0.180. The van der Waals surface area contributed by atoms with E-state index in [4.69, 9.17) is 23.7 Å². The van der Waals surface area contributed by atoms with E-state index in [2.05, 4.69) is 79.9 Å². The summed E-state index contributed by atoms with van der Waals surface area (Å²) in [4.78, 5) is 31.4. The number of nitrogens with one attached hydrogen (secondary N) is 2. The summed E-state index contributed by atoms with van der Waals surface area (Å²) in [6.07, 6.45) is 0.792. The van der Waals surface area contributed by atoms with Crippen molar-refractivity contribution in [3.05, 3.63) is 60.2 Å². The summed E-state index contributed by atoms with van der Waals surface area (Å²) in [5, 5.41) is 10.8. The van der Waals surface area contributed by atoms with Crippen molar-refractivity contribution in [2.45, 2.75) is 72.1 Å². The standard InChI is InChI=1S/C43H67N5O7/c1-42(2,3)54-40(49)44-17-11-19-46-21-27-51-28-22-47(20-12-18-45-41(50)55-43(4,5)6)24-30-53-32-26-48(25-31-52-29-23-46)34-39-37-15-9-7-13-35(37)33-36-14-8-10-16-38(36)39/h7-10,13-16,33H,11-12,17-32,34H2,1-6H3,(H,44,49)(H,45,50). The maximum Gasteiger partial charge on any atom is 0.407 e. The molecule has 3 aromatic rings. The van der Waals surface area contributed by atoms with Gasteiger partial charge in [0.15, 0.2) is 0 Å². The van der Waals surface area contributed by atoms with Gasteiger partial charge in [-0.25, -0.2) is 9.59 Å². The number of rotatable bonds is 10. The van der Waals surface area contributed by atoms with Crippen molar-refractivity contribution in [3.63, 3.8) is 0 Å². The molecule has 1 saturated heterocycles. The Balaban J connectivity index is 1.39. The minimum absolute atomic E-state index is 0.393. The van der Waals surface area contributed by atoms with E-state index in [1.165, 1.54) is 27.1 Å². The Morgan fingerprint density at radius 1 is 0.582 bits per heavy atom. The Hall–Kier alpha value is -3.52. The number of carbonyl (C=O) groups excluding carboxylic acids is 2. The fourth-order valence-electron chi connectivity index (χ4n) is 6.53. The number of carbonyl (C=O) groups is 2. The van der Waals surface area contributed by atoms with Crippen molar-refractivity contribution in [2.24, 2.45) is 0 Å². The fourth-order valence-corrected chi connectivity index (χ4v) is 6.53. The van der Waals surface area contributed by atoms with Gasteiger partial charge in [-0.2, -0.15) is 0 Å². The number of benzene rings is 3. The molecular weight excluding hydrogens is 699 g/mol. The molecule has 0 saturated carbocycles. The predicted octanol–water partition coefficient (Wildman–Crippen LogP) is 6.29. The first kappa shape index (κ1) is 44.2. The average molecular weight is 766 g/mol. The van der Waals surface area contributed by atoms with Crippen molar-refractivity contribution >= 4 is 33.7 Å². The minimum Gasteiger partial charge on any atom is -0.444 e. The molecule has 2 amide bonds. The Morgan fingerprint density at radius 3 is 1.33 bits per heavy atom. The highest BCUT2D eigenvalue weighted by atomic mass is 16.6. The summed E-state index contributed by atoms with van der Waals surface area (Å²) in [5.41, 5.74) is 0.274. The molecule has 1 aliphatic heterocycles. The van der Waals surface area contributed by atoms with Gasteiger partial charge in [0, 0.05) is 58.9 Å². The lowest BCUT2D eigenvalue weighted by atomic mass is 9.96. The topological polar surface area (TPSA) is 114 Å². The molecule has 0 aliphatic carbocycles. The van der Waals surface area contributed by atoms with E-state index in [1.807, 2.05) is 41.5 Å². The Labute approximate surface area is 329 Å². The van der Waals surface area contributed by atoms with Crippen LogP contribution in [0.25, 0.3) is 21.5 Å². The van der Waals surface area contributed by atoms with Crippen LogP contribution < -0.4 is 10.6 Å². The largest absolute Gasteiger partial charge is 0.444 e. The third kappa shape index (κ3) is 17.4. The lowest BCUT2D eigenvalue weighted by Gasteiger charge is -2.27. The highest BCUT2D eigenvalue weighted by molar-refractivity contribution is 6.02. The molecule has 306 valence electrons. The van der Waals surface area contributed by atoms with Crippen molar-refractivity contribution in [1.82, 2.24) is 25.3 Å². The molecule has 0 bridgehead atoms. The molecule has 12 heteroatoms. The van der Waals surface area contributed by atoms with Gasteiger partial charge in [-0.15, -0.1) is 0 Å². The number of ether oxygens (including phenoxy) is 5. The summed E-state index contributed by atoms with van der Waals surface area (Å²) in [6, 6.07) is 19.6. The summed E-state index contributed by atoms with van der Waals surface area (Å²) >= 11 is 0. The number of alkyl carbamates (subject to hydrolysis) is 2. The molecule has 0 atom stereocenters. The summed E-state index contributed by atoms with van der Waals surface area (Å²) in [5.74, 6) is 0.